The third-order valence-electron chi connectivity index (χ3n) is 3.22. The van der Waals surface area contributed by atoms with Crippen LogP contribution in [-0.2, 0) is 0 Å². The Morgan fingerprint density at radius 3 is 2.70 bits per heavy atom. The number of hydrogen-bond donors (Lipinski definition) is 1. The van der Waals surface area contributed by atoms with Crippen molar-refractivity contribution in [2.45, 2.75) is 19.9 Å². The molecule has 0 aliphatic rings. The molecule has 5 nitrogen and oxygen atoms in total. The summed E-state index contributed by atoms with van der Waals surface area (Å²) in [6, 6.07) is 6.67. The maximum Gasteiger partial charge on any atom is 0.276 e. The fraction of sp³-hybridized carbons (Fsp3) is 0.267. The van der Waals surface area contributed by atoms with Gasteiger partial charge in [0.1, 0.15) is 5.75 Å². The van der Waals surface area contributed by atoms with Gasteiger partial charge in [-0.25, -0.2) is 4.98 Å². The number of rotatable bonds is 4. The van der Waals surface area contributed by atoms with Crippen molar-refractivity contribution >= 4 is 5.91 Å². The molecule has 0 saturated carbocycles. The van der Waals surface area contributed by atoms with E-state index in [4.69, 9.17) is 0 Å². The first-order chi connectivity index (χ1) is 9.65. The summed E-state index contributed by atoms with van der Waals surface area (Å²) in [6.45, 7) is 4.34. The molecule has 0 aliphatic carbocycles. The lowest BCUT2D eigenvalue weighted by Gasteiger charge is -2.28. The minimum Gasteiger partial charge on any atom is -0.505 e. The number of pyridine rings is 2. The Labute approximate surface area is 117 Å². The van der Waals surface area contributed by atoms with Gasteiger partial charge in [0.05, 0.1) is 6.04 Å². The van der Waals surface area contributed by atoms with E-state index in [1.165, 1.54) is 12.3 Å². The largest absolute Gasteiger partial charge is 0.505 e. The Bertz CT molecular complexity index is 587. The monoisotopic (exact) mass is 271 g/mol. The highest BCUT2D eigenvalue weighted by molar-refractivity contribution is 5.95. The van der Waals surface area contributed by atoms with Gasteiger partial charge in [-0.1, -0.05) is 6.07 Å². The molecule has 5 heteroatoms. The zero-order chi connectivity index (χ0) is 14.5. The van der Waals surface area contributed by atoms with Crippen LogP contribution in [0.25, 0.3) is 0 Å². The molecule has 1 atom stereocenters. The van der Waals surface area contributed by atoms with E-state index in [-0.39, 0.29) is 23.4 Å². The minimum absolute atomic E-state index is 0.0742. The summed E-state index contributed by atoms with van der Waals surface area (Å²) in [5, 5.41) is 9.76. The molecule has 2 heterocycles. The Morgan fingerprint density at radius 1 is 1.35 bits per heavy atom. The summed E-state index contributed by atoms with van der Waals surface area (Å²) in [6.07, 6.45) is 4.92. The number of carbonyl (C=O) groups excluding carboxylic acids is 1. The molecule has 0 fully saturated rings. The van der Waals surface area contributed by atoms with Crippen LogP contribution in [0.15, 0.2) is 42.9 Å². The number of nitrogens with zero attached hydrogens (tertiary/aromatic N) is 3. The topological polar surface area (TPSA) is 66.3 Å². The molecule has 0 unspecified atom stereocenters. The second kappa shape index (κ2) is 6.14. The van der Waals surface area contributed by atoms with Gasteiger partial charge < -0.3 is 10.0 Å². The second-order valence-corrected chi connectivity index (χ2v) is 4.42. The van der Waals surface area contributed by atoms with E-state index in [0.717, 1.165) is 5.56 Å². The Balaban J connectivity index is 2.29. The van der Waals surface area contributed by atoms with Crippen LogP contribution in [0.2, 0.25) is 0 Å². The fourth-order valence-corrected chi connectivity index (χ4v) is 2.09. The zero-order valence-electron chi connectivity index (χ0n) is 11.5. The van der Waals surface area contributed by atoms with Crippen LogP contribution in [-0.4, -0.2) is 32.4 Å². The molecular formula is C15H17N3O2. The molecule has 2 aromatic rings. The molecule has 1 amide bonds. The highest BCUT2D eigenvalue weighted by atomic mass is 16.3. The first kappa shape index (κ1) is 14.0. The van der Waals surface area contributed by atoms with Crippen molar-refractivity contribution in [1.82, 2.24) is 14.9 Å². The van der Waals surface area contributed by atoms with Crippen molar-refractivity contribution in [3.63, 3.8) is 0 Å². The van der Waals surface area contributed by atoms with Gasteiger partial charge >= 0.3 is 0 Å². The number of carbonyl (C=O) groups is 1. The normalized spacial score (nSPS) is 11.9. The number of amides is 1. The Kier molecular flexibility index (Phi) is 4.30. The maximum absolute atomic E-state index is 12.5. The van der Waals surface area contributed by atoms with Gasteiger partial charge in [0.25, 0.3) is 5.91 Å². The van der Waals surface area contributed by atoms with Crippen LogP contribution < -0.4 is 0 Å². The van der Waals surface area contributed by atoms with Gasteiger partial charge in [0.2, 0.25) is 0 Å². The number of hydrogen-bond acceptors (Lipinski definition) is 4. The van der Waals surface area contributed by atoms with E-state index in [1.807, 2.05) is 26.0 Å². The molecule has 2 rings (SSSR count). The summed E-state index contributed by atoms with van der Waals surface area (Å²) in [7, 11) is 0. The van der Waals surface area contributed by atoms with Crippen LogP contribution in [0.1, 0.15) is 35.9 Å². The molecule has 0 radical (unpaired) electrons. The number of aromatic hydroxyl groups is 1. The molecular weight excluding hydrogens is 254 g/mol. The van der Waals surface area contributed by atoms with Crippen molar-refractivity contribution in [2.24, 2.45) is 0 Å². The molecule has 0 bridgehead atoms. The molecule has 2 aromatic heterocycles. The van der Waals surface area contributed by atoms with Crippen molar-refractivity contribution in [2.75, 3.05) is 6.54 Å². The molecule has 0 aromatic carbocycles. The predicted octanol–water partition coefficient (Wildman–Crippen LogP) is 2.41. The highest BCUT2D eigenvalue weighted by Gasteiger charge is 2.24. The van der Waals surface area contributed by atoms with Crippen LogP contribution in [0.4, 0.5) is 0 Å². The van der Waals surface area contributed by atoms with Crippen LogP contribution in [0.3, 0.4) is 0 Å². The molecule has 104 valence electrons. The van der Waals surface area contributed by atoms with E-state index in [0.29, 0.717) is 6.54 Å². The third kappa shape index (κ3) is 2.77. The summed E-state index contributed by atoms with van der Waals surface area (Å²) in [5.41, 5.74) is 1.02. The van der Waals surface area contributed by atoms with E-state index in [2.05, 4.69) is 9.97 Å². The summed E-state index contributed by atoms with van der Waals surface area (Å²) in [5.74, 6) is -0.392. The molecule has 1 N–H and O–H groups in total. The summed E-state index contributed by atoms with van der Waals surface area (Å²) in [4.78, 5) is 22.2. The van der Waals surface area contributed by atoms with Crippen molar-refractivity contribution in [3.05, 3.63) is 54.1 Å². The lowest BCUT2D eigenvalue weighted by atomic mass is 10.1. The number of aromatic nitrogens is 2. The standard InChI is InChI=1S/C15H17N3O2/c1-3-18(11(2)12-6-4-8-16-10-12)15(20)14-13(19)7-5-9-17-14/h4-11,19H,3H2,1-2H3/t11-/m0/s1. The smallest absolute Gasteiger partial charge is 0.276 e. The van der Waals surface area contributed by atoms with Gasteiger partial charge in [-0.15, -0.1) is 0 Å². The predicted molar refractivity (Wildman–Crippen MR) is 75.3 cm³/mol. The first-order valence-electron chi connectivity index (χ1n) is 6.50. The Hall–Kier alpha value is -2.43. The SMILES string of the molecule is CCN(C(=O)c1ncccc1O)[C@@H](C)c1cccnc1. The van der Waals surface area contributed by atoms with Gasteiger partial charge in [0, 0.05) is 25.1 Å². The van der Waals surface area contributed by atoms with E-state index in [9.17, 15) is 9.90 Å². The van der Waals surface area contributed by atoms with Gasteiger partial charge in [0.15, 0.2) is 5.69 Å². The summed E-state index contributed by atoms with van der Waals surface area (Å²) >= 11 is 0. The fourth-order valence-electron chi connectivity index (χ4n) is 2.09. The first-order valence-corrected chi connectivity index (χ1v) is 6.50. The molecule has 0 spiro atoms. The maximum atomic E-state index is 12.5. The van der Waals surface area contributed by atoms with E-state index < -0.39 is 0 Å². The van der Waals surface area contributed by atoms with Crippen molar-refractivity contribution < 1.29 is 9.90 Å². The van der Waals surface area contributed by atoms with Crippen LogP contribution >= 0.6 is 0 Å². The third-order valence-corrected chi connectivity index (χ3v) is 3.22. The lowest BCUT2D eigenvalue weighted by Crippen LogP contribution is -2.34. The molecule has 0 saturated heterocycles. The lowest BCUT2D eigenvalue weighted by molar-refractivity contribution is 0.0692. The van der Waals surface area contributed by atoms with E-state index >= 15 is 0 Å². The minimum atomic E-state index is -0.290. The highest BCUT2D eigenvalue weighted by Crippen LogP contribution is 2.23. The Morgan fingerprint density at radius 2 is 2.10 bits per heavy atom. The molecule has 20 heavy (non-hydrogen) atoms. The quantitative estimate of drug-likeness (QED) is 0.927. The van der Waals surface area contributed by atoms with Crippen LogP contribution in [0, 0.1) is 0 Å². The van der Waals surface area contributed by atoms with Crippen molar-refractivity contribution in [1.29, 1.82) is 0 Å². The second-order valence-electron chi connectivity index (χ2n) is 4.42. The van der Waals surface area contributed by atoms with Crippen molar-refractivity contribution in [3.8, 4) is 5.75 Å². The molecule has 0 aliphatic heterocycles. The summed E-state index contributed by atoms with van der Waals surface area (Å²) < 4.78 is 0. The average molecular weight is 271 g/mol. The van der Waals surface area contributed by atoms with E-state index in [1.54, 1.807) is 23.4 Å². The van der Waals surface area contributed by atoms with Crippen LogP contribution in [0.5, 0.6) is 5.75 Å². The zero-order valence-corrected chi connectivity index (χ0v) is 11.5. The van der Waals surface area contributed by atoms with Gasteiger partial charge in [-0.05, 0) is 37.6 Å². The van der Waals surface area contributed by atoms with Gasteiger partial charge in [-0.3, -0.25) is 9.78 Å². The van der Waals surface area contributed by atoms with Gasteiger partial charge in [-0.2, -0.15) is 0 Å². The average Bonchev–Trinajstić information content (AvgIpc) is 2.49.